The first kappa shape index (κ1) is 12.2. The molecular formula is C19H14N2. The summed E-state index contributed by atoms with van der Waals surface area (Å²) in [6.07, 6.45) is 10.5. The summed E-state index contributed by atoms with van der Waals surface area (Å²) in [5.41, 5.74) is 2.56. The molecule has 0 saturated heterocycles. The fourth-order valence-corrected chi connectivity index (χ4v) is 3.33. The van der Waals surface area contributed by atoms with Crippen molar-refractivity contribution in [2.45, 2.75) is 19.3 Å². The molecule has 0 atom stereocenters. The van der Waals surface area contributed by atoms with Gasteiger partial charge in [-0.2, -0.15) is 0 Å². The quantitative estimate of drug-likeness (QED) is 0.688. The van der Waals surface area contributed by atoms with Crippen LogP contribution in [0.4, 0.5) is 0 Å². The van der Waals surface area contributed by atoms with E-state index in [1.807, 2.05) is 24.3 Å². The van der Waals surface area contributed by atoms with Gasteiger partial charge in [-0.05, 0) is 43.5 Å². The van der Waals surface area contributed by atoms with Crippen molar-refractivity contribution in [1.82, 2.24) is 9.97 Å². The second kappa shape index (κ2) is 4.47. The third-order valence-corrected chi connectivity index (χ3v) is 4.33. The van der Waals surface area contributed by atoms with Gasteiger partial charge in [-0.25, -0.2) is 0 Å². The number of aromatic nitrogens is 2. The molecule has 3 aliphatic carbocycles. The topological polar surface area (TPSA) is 25.8 Å². The largest absolute Gasteiger partial charge is 0.265 e. The van der Waals surface area contributed by atoms with E-state index in [9.17, 15) is 0 Å². The van der Waals surface area contributed by atoms with Crippen molar-refractivity contribution in [2.75, 3.05) is 0 Å². The Morgan fingerprint density at radius 3 is 1.43 bits per heavy atom. The molecular weight excluding hydrogens is 256 g/mol. The maximum atomic E-state index is 4.01. The summed E-state index contributed by atoms with van der Waals surface area (Å²) in [5, 5.41) is 0. The third-order valence-electron chi connectivity index (χ3n) is 4.33. The molecule has 3 saturated carbocycles. The predicted molar refractivity (Wildman–Crippen MR) is 80.9 cm³/mol. The molecule has 2 aromatic heterocycles. The Labute approximate surface area is 124 Å². The smallest absolute Gasteiger partial charge is 0.0361 e. The van der Waals surface area contributed by atoms with Crippen LogP contribution in [0.15, 0.2) is 49.1 Å². The van der Waals surface area contributed by atoms with Gasteiger partial charge in [0.2, 0.25) is 0 Å². The molecule has 2 heterocycles. The zero-order chi connectivity index (χ0) is 14.2. The number of nitrogens with zero attached hydrogens (tertiary/aromatic N) is 2. The predicted octanol–water partition coefficient (Wildman–Crippen LogP) is 3.05. The summed E-state index contributed by atoms with van der Waals surface area (Å²) in [6.45, 7) is 0. The fourth-order valence-electron chi connectivity index (χ4n) is 3.33. The van der Waals surface area contributed by atoms with Crippen LogP contribution >= 0.6 is 0 Å². The van der Waals surface area contributed by atoms with Gasteiger partial charge in [-0.3, -0.25) is 9.97 Å². The Morgan fingerprint density at radius 2 is 1.05 bits per heavy atom. The number of hydrogen-bond acceptors (Lipinski definition) is 2. The van der Waals surface area contributed by atoms with Gasteiger partial charge < -0.3 is 0 Å². The van der Waals surface area contributed by atoms with Gasteiger partial charge in [0.1, 0.15) is 0 Å². The highest BCUT2D eigenvalue weighted by Gasteiger charge is 2.66. The Kier molecular flexibility index (Phi) is 2.59. The first-order valence-corrected chi connectivity index (χ1v) is 7.14. The lowest BCUT2D eigenvalue weighted by Gasteiger charge is -2.65. The van der Waals surface area contributed by atoms with Gasteiger partial charge in [-0.15, -0.1) is 0 Å². The Bertz CT molecular complexity index is 698. The molecule has 0 radical (unpaired) electrons. The molecule has 5 rings (SSSR count). The molecule has 21 heavy (non-hydrogen) atoms. The number of pyridine rings is 2. The lowest BCUT2D eigenvalue weighted by molar-refractivity contribution is -0.113. The van der Waals surface area contributed by atoms with Gasteiger partial charge in [-0.1, -0.05) is 23.7 Å². The van der Waals surface area contributed by atoms with Crippen molar-refractivity contribution < 1.29 is 0 Å². The highest BCUT2D eigenvalue weighted by atomic mass is 14.7. The molecule has 0 aromatic carbocycles. The molecule has 0 aliphatic heterocycles. The molecule has 0 N–H and O–H groups in total. The van der Waals surface area contributed by atoms with Crippen molar-refractivity contribution in [3.63, 3.8) is 0 Å². The fraction of sp³-hybridized carbons (Fsp3) is 0.263. The molecule has 2 nitrogen and oxygen atoms in total. The summed E-state index contributed by atoms with van der Waals surface area (Å²) in [6, 6.07) is 7.82. The van der Waals surface area contributed by atoms with E-state index in [0.29, 0.717) is 0 Å². The molecule has 3 fully saturated rings. The minimum Gasteiger partial charge on any atom is -0.265 e. The van der Waals surface area contributed by atoms with Crippen LogP contribution in [0.25, 0.3) is 0 Å². The molecule has 100 valence electrons. The van der Waals surface area contributed by atoms with Crippen molar-refractivity contribution in [3.8, 4) is 23.7 Å². The van der Waals surface area contributed by atoms with E-state index in [0.717, 1.165) is 30.4 Å². The van der Waals surface area contributed by atoms with Crippen LogP contribution in [0.5, 0.6) is 0 Å². The zero-order valence-corrected chi connectivity index (χ0v) is 11.6. The van der Waals surface area contributed by atoms with Crippen LogP contribution in [0.3, 0.4) is 0 Å². The number of hydrogen-bond donors (Lipinski definition) is 0. The van der Waals surface area contributed by atoms with E-state index >= 15 is 0 Å². The van der Waals surface area contributed by atoms with E-state index in [-0.39, 0.29) is 10.8 Å². The Hall–Kier alpha value is -2.58. The van der Waals surface area contributed by atoms with E-state index in [4.69, 9.17) is 0 Å². The van der Waals surface area contributed by atoms with Gasteiger partial charge in [0, 0.05) is 46.7 Å². The second-order valence-corrected chi connectivity index (χ2v) is 6.06. The second-order valence-electron chi connectivity index (χ2n) is 6.06. The van der Waals surface area contributed by atoms with Gasteiger partial charge in [0.15, 0.2) is 0 Å². The first-order valence-electron chi connectivity index (χ1n) is 7.14. The van der Waals surface area contributed by atoms with E-state index in [1.54, 1.807) is 24.8 Å². The summed E-state index contributed by atoms with van der Waals surface area (Å²) in [5.74, 6) is 13.4. The summed E-state index contributed by atoms with van der Waals surface area (Å²) >= 11 is 0. The highest BCUT2D eigenvalue weighted by Crippen LogP contribution is 2.72. The van der Waals surface area contributed by atoms with Crippen LogP contribution in [-0.4, -0.2) is 9.97 Å². The van der Waals surface area contributed by atoms with Gasteiger partial charge in [0.25, 0.3) is 0 Å². The molecule has 3 aliphatic rings. The summed E-state index contributed by atoms with van der Waals surface area (Å²) in [7, 11) is 0. The average Bonchev–Trinajstić information content (AvgIpc) is 2.46. The van der Waals surface area contributed by atoms with Crippen LogP contribution in [0.2, 0.25) is 0 Å². The molecule has 0 spiro atoms. The average molecular weight is 270 g/mol. The standard InChI is InChI=1S/C19H14N2/c1(16-3-9-20-10-4-16)7-18-13-19(14-18,15-18)8-2-17-5-11-21-12-6-17/h3-6,9-12H,13-15H2. The SMILES string of the molecule is C(#CC12CC(C#Cc3ccncc3)(C1)C2)c1ccncc1. The maximum Gasteiger partial charge on any atom is 0.0361 e. The molecule has 2 aromatic rings. The van der Waals surface area contributed by atoms with Crippen molar-refractivity contribution in [1.29, 1.82) is 0 Å². The maximum absolute atomic E-state index is 4.01. The minimum absolute atomic E-state index is 0.232. The van der Waals surface area contributed by atoms with Crippen LogP contribution in [0, 0.1) is 34.5 Å². The third kappa shape index (κ3) is 2.20. The van der Waals surface area contributed by atoms with Crippen LogP contribution < -0.4 is 0 Å². The monoisotopic (exact) mass is 270 g/mol. The van der Waals surface area contributed by atoms with Crippen LogP contribution in [-0.2, 0) is 0 Å². The summed E-state index contributed by atoms with van der Waals surface area (Å²) in [4.78, 5) is 8.02. The van der Waals surface area contributed by atoms with Gasteiger partial charge >= 0.3 is 0 Å². The van der Waals surface area contributed by atoms with E-state index in [1.165, 1.54) is 0 Å². The van der Waals surface area contributed by atoms with Crippen LogP contribution in [0.1, 0.15) is 30.4 Å². The van der Waals surface area contributed by atoms with Crippen molar-refractivity contribution in [2.24, 2.45) is 10.8 Å². The molecule has 2 heteroatoms. The van der Waals surface area contributed by atoms with E-state index < -0.39 is 0 Å². The molecule has 0 amide bonds. The number of rotatable bonds is 0. The van der Waals surface area contributed by atoms with Crippen molar-refractivity contribution in [3.05, 3.63) is 60.2 Å². The summed E-state index contributed by atoms with van der Waals surface area (Å²) < 4.78 is 0. The lowest BCUT2D eigenvalue weighted by Crippen LogP contribution is -2.60. The van der Waals surface area contributed by atoms with Gasteiger partial charge in [0.05, 0.1) is 0 Å². The van der Waals surface area contributed by atoms with E-state index in [2.05, 4.69) is 33.6 Å². The lowest BCUT2D eigenvalue weighted by atomic mass is 9.36. The Morgan fingerprint density at radius 1 is 0.667 bits per heavy atom. The minimum atomic E-state index is 0.232. The normalized spacial score (nSPS) is 28.0. The van der Waals surface area contributed by atoms with Crippen molar-refractivity contribution >= 4 is 0 Å². The Balaban J connectivity index is 1.43. The first-order chi connectivity index (χ1) is 10.3. The molecule has 0 unspecified atom stereocenters. The zero-order valence-electron chi connectivity index (χ0n) is 11.6. The highest BCUT2D eigenvalue weighted by molar-refractivity contribution is 5.45. The molecule has 2 bridgehead atoms.